The first-order chi connectivity index (χ1) is 19.6. The number of rotatable bonds is 8. The number of allylic oxidation sites excluding steroid dienone is 2. The summed E-state index contributed by atoms with van der Waals surface area (Å²) in [4.78, 5) is 13.5. The lowest BCUT2D eigenvalue weighted by atomic mass is 9.92. The highest BCUT2D eigenvalue weighted by atomic mass is 19.1. The van der Waals surface area contributed by atoms with Gasteiger partial charge in [0.05, 0.1) is 0 Å². The van der Waals surface area contributed by atoms with Gasteiger partial charge in [-0.15, -0.1) is 0 Å². The molecule has 1 amide bonds. The average Bonchev–Trinajstić information content (AvgIpc) is 3.70. The van der Waals surface area contributed by atoms with Crippen molar-refractivity contribution >= 4 is 17.2 Å². The second-order valence-electron chi connectivity index (χ2n) is 10.8. The molecule has 2 heterocycles. The van der Waals surface area contributed by atoms with E-state index >= 15 is 0 Å². The molecule has 1 aliphatic carbocycles. The highest BCUT2D eigenvalue weighted by molar-refractivity contribution is 6.05. The van der Waals surface area contributed by atoms with Gasteiger partial charge in [-0.05, 0) is 111 Å². The molecule has 2 saturated heterocycles. The number of anilines is 1. The van der Waals surface area contributed by atoms with Crippen molar-refractivity contribution < 1.29 is 18.7 Å². The first-order valence-corrected chi connectivity index (χ1v) is 14.4. The van der Waals surface area contributed by atoms with Gasteiger partial charge in [-0.3, -0.25) is 4.79 Å². The van der Waals surface area contributed by atoms with Crippen LogP contribution in [0.4, 0.5) is 10.1 Å². The van der Waals surface area contributed by atoms with Crippen LogP contribution in [0.15, 0.2) is 66.7 Å². The monoisotopic (exact) mass is 541 g/mol. The molecule has 6 nitrogen and oxygen atoms in total. The van der Waals surface area contributed by atoms with E-state index in [9.17, 15) is 9.18 Å². The van der Waals surface area contributed by atoms with Crippen LogP contribution in [0.2, 0.25) is 0 Å². The topological polar surface area (TPSA) is 71.6 Å². The minimum absolute atomic E-state index is 0.0768. The van der Waals surface area contributed by atoms with E-state index < -0.39 is 0 Å². The Hall–Kier alpha value is -3.68. The van der Waals surface area contributed by atoms with Crippen LogP contribution in [0.25, 0.3) is 16.7 Å². The van der Waals surface area contributed by atoms with E-state index in [2.05, 4.69) is 22.0 Å². The first kappa shape index (κ1) is 26.5. The first-order valence-electron chi connectivity index (χ1n) is 14.4. The van der Waals surface area contributed by atoms with E-state index in [4.69, 9.17) is 9.47 Å². The van der Waals surface area contributed by atoms with Crippen LogP contribution < -0.4 is 25.4 Å². The Bertz CT molecular complexity index is 1380. The van der Waals surface area contributed by atoms with Gasteiger partial charge in [-0.2, -0.15) is 0 Å². The summed E-state index contributed by atoms with van der Waals surface area (Å²) in [5.41, 5.74) is 5.14. The molecule has 40 heavy (non-hydrogen) atoms. The van der Waals surface area contributed by atoms with Crippen LogP contribution in [0.1, 0.15) is 54.4 Å². The number of carbonyl (C=O) groups is 1. The van der Waals surface area contributed by atoms with Crippen molar-refractivity contribution in [2.24, 2.45) is 0 Å². The van der Waals surface area contributed by atoms with Crippen LogP contribution in [0.3, 0.4) is 0 Å². The van der Waals surface area contributed by atoms with Crippen LogP contribution in [0, 0.1) is 5.82 Å². The van der Waals surface area contributed by atoms with Crippen molar-refractivity contribution in [2.45, 2.75) is 50.7 Å². The summed E-state index contributed by atoms with van der Waals surface area (Å²) in [6, 6.07) is 17.7. The molecule has 3 aliphatic rings. The highest BCUT2D eigenvalue weighted by Crippen LogP contribution is 2.36. The average molecular weight is 542 g/mol. The quantitative estimate of drug-likeness (QED) is 0.318. The Morgan fingerprint density at radius 3 is 2.17 bits per heavy atom. The summed E-state index contributed by atoms with van der Waals surface area (Å²) in [5.74, 6) is 1.08. The summed E-state index contributed by atoms with van der Waals surface area (Å²) in [6.45, 7) is 3.51. The van der Waals surface area contributed by atoms with Gasteiger partial charge in [0, 0.05) is 35.5 Å². The van der Waals surface area contributed by atoms with Gasteiger partial charge >= 0.3 is 0 Å². The van der Waals surface area contributed by atoms with E-state index in [1.807, 2.05) is 36.4 Å². The molecule has 0 aromatic heterocycles. The molecular formula is C33H36FN3O3. The highest BCUT2D eigenvalue weighted by Gasteiger charge is 2.22. The number of hydrogen-bond acceptors (Lipinski definition) is 5. The number of carbonyl (C=O) groups excluding carboxylic acids is 1. The van der Waals surface area contributed by atoms with Crippen LogP contribution >= 0.6 is 0 Å². The zero-order valence-electron chi connectivity index (χ0n) is 22.7. The number of nitrogens with one attached hydrogen (secondary N) is 3. The lowest BCUT2D eigenvalue weighted by Gasteiger charge is -2.21. The van der Waals surface area contributed by atoms with Crippen molar-refractivity contribution in [2.75, 3.05) is 31.5 Å². The maximum Gasteiger partial charge on any atom is 0.255 e. The number of benzene rings is 3. The fraction of sp³-hybridized carbons (Fsp3) is 0.364. The third-order valence-electron chi connectivity index (χ3n) is 7.89. The predicted molar refractivity (Wildman–Crippen MR) is 156 cm³/mol. The van der Waals surface area contributed by atoms with Crippen molar-refractivity contribution in [1.29, 1.82) is 0 Å². The molecule has 208 valence electrons. The van der Waals surface area contributed by atoms with E-state index in [0.717, 1.165) is 80.7 Å². The third-order valence-corrected chi connectivity index (χ3v) is 7.89. The molecule has 2 aliphatic heterocycles. The fourth-order valence-corrected chi connectivity index (χ4v) is 5.69. The Balaban J connectivity index is 1.27. The smallest absolute Gasteiger partial charge is 0.255 e. The molecule has 0 spiro atoms. The number of halogens is 1. The van der Waals surface area contributed by atoms with Gasteiger partial charge in [-0.25, -0.2) is 4.39 Å². The van der Waals surface area contributed by atoms with Gasteiger partial charge in [0.2, 0.25) is 0 Å². The zero-order chi connectivity index (χ0) is 27.3. The SMILES string of the molecule is O=C(Nc1ccc(OC2CCNC2)c(-c2ccc(F)cc2)c1)c1ccc(OC2CCNC2)c(C2=CCCCC2)c1. The predicted octanol–water partition coefficient (Wildman–Crippen LogP) is 6.18. The summed E-state index contributed by atoms with van der Waals surface area (Å²) in [6.07, 6.45) is 8.79. The minimum atomic E-state index is -0.295. The lowest BCUT2D eigenvalue weighted by molar-refractivity contribution is 0.102. The van der Waals surface area contributed by atoms with Crippen molar-refractivity contribution in [1.82, 2.24) is 10.6 Å². The van der Waals surface area contributed by atoms with Gasteiger partial charge in [0.1, 0.15) is 29.5 Å². The lowest BCUT2D eigenvalue weighted by Crippen LogP contribution is -2.20. The molecule has 2 atom stereocenters. The van der Waals surface area contributed by atoms with E-state index in [1.54, 1.807) is 12.1 Å². The van der Waals surface area contributed by atoms with Crippen LogP contribution in [-0.4, -0.2) is 44.3 Å². The van der Waals surface area contributed by atoms with E-state index in [-0.39, 0.29) is 23.9 Å². The Labute approximate surface area is 235 Å². The van der Waals surface area contributed by atoms with Gasteiger partial charge in [0.25, 0.3) is 5.91 Å². The molecule has 0 bridgehead atoms. The number of ether oxygens (including phenoxy) is 2. The van der Waals surface area contributed by atoms with Gasteiger partial charge in [0.15, 0.2) is 0 Å². The molecule has 2 unspecified atom stereocenters. The summed E-state index contributed by atoms with van der Waals surface area (Å²) < 4.78 is 26.3. The van der Waals surface area contributed by atoms with Crippen molar-refractivity contribution in [3.8, 4) is 22.6 Å². The Morgan fingerprint density at radius 2 is 1.52 bits per heavy atom. The molecule has 3 aromatic carbocycles. The van der Waals surface area contributed by atoms with Crippen LogP contribution in [-0.2, 0) is 0 Å². The van der Waals surface area contributed by atoms with E-state index in [1.165, 1.54) is 24.1 Å². The molecule has 0 saturated carbocycles. The maximum atomic E-state index is 13.7. The standard InChI is InChI=1S/C33H36FN3O3/c34-25-9-6-23(7-10-25)30-19-26(11-13-32(30)40-28-15-17-36-21-28)37-33(38)24-8-12-31(39-27-14-16-35-20-27)29(18-24)22-4-2-1-3-5-22/h4,6-13,18-19,27-28,35-36H,1-3,5,14-17,20-21H2,(H,37,38). The van der Waals surface area contributed by atoms with Crippen molar-refractivity contribution in [3.05, 3.63) is 83.7 Å². The van der Waals surface area contributed by atoms with Crippen LogP contribution in [0.5, 0.6) is 11.5 Å². The normalized spacial score (nSPS) is 20.7. The molecule has 3 N–H and O–H groups in total. The molecule has 7 heteroatoms. The maximum absolute atomic E-state index is 13.7. The van der Waals surface area contributed by atoms with Gasteiger partial charge in [-0.1, -0.05) is 18.2 Å². The third kappa shape index (κ3) is 6.21. The van der Waals surface area contributed by atoms with E-state index in [0.29, 0.717) is 17.0 Å². The summed E-state index contributed by atoms with van der Waals surface area (Å²) >= 11 is 0. The Kier molecular flexibility index (Phi) is 8.11. The van der Waals surface area contributed by atoms with Crippen molar-refractivity contribution in [3.63, 3.8) is 0 Å². The van der Waals surface area contributed by atoms with Gasteiger partial charge < -0.3 is 25.4 Å². The summed E-state index contributed by atoms with van der Waals surface area (Å²) in [7, 11) is 0. The molecule has 0 radical (unpaired) electrons. The second-order valence-corrected chi connectivity index (χ2v) is 10.8. The largest absolute Gasteiger partial charge is 0.488 e. The molecule has 3 aromatic rings. The second kappa shape index (κ2) is 12.2. The fourth-order valence-electron chi connectivity index (χ4n) is 5.69. The summed E-state index contributed by atoms with van der Waals surface area (Å²) in [5, 5.41) is 9.75. The molecule has 2 fully saturated rings. The molecule has 6 rings (SSSR count). The zero-order valence-corrected chi connectivity index (χ0v) is 22.7. The number of hydrogen-bond donors (Lipinski definition) is 3. The Morgan fingerprint density at radius 1 is 0.825 bits per heavy atom. The minimum Gasteiger partial charge on any atom is -0.488 e. The number of amides is 1. The molecular weight excluding hydrogens is 505 g/mol.